The lowest BCUT2D eigenvalue weighted by atomic mass is 10.0. The van der Waals surface area contributed by atoms with Crippen molar-refractivity contribution in [1.82, 2.24) is 9.97 Å². The van der Waals surface area contributed by atoms with Crippen molar-refractivity contribution in [3.63, 3.8) is 0 Å². The molecular formula is C23H19ClF3N3OS. The molecule has 1 N–H and O–H groups in total. The number of fused-ring (bicyclic) bond motifs is 1. The van der Waals surface area contributed by atoms with Gasteiger partial charge in [0, 0.05) is 11.4 Å². The summed E-state index contributed by atoms with van der Waals surface area (Å²) in [6.45, 7) is 2.76. The Kier molecular flexibility index (Phi) is 6.53. The van der Waals surface area contributed by atoms with E-state index in [4.69, 9.17) is 11.6 Å². The Morgan fingerprint density at radius 2 is 1.66 bits per heavy atom. The van der Waals surface area contributed by atoms with Crippen LogP contribution in [0.1, 0.15) is 16.9 Å². The summed E-state index contributed by atoms with van der Waals surface area (Å²) in [4.78, 5) is 10.6. The second-order valence-electron chi connectivity index (χ2n) is 7.22. The normalized spacial score (nSPS) is 11.7. The lowest BCUT2D eigenvalue weighted by Gasteiger charge is -2.10. The molecule has 4 aromatic rings. The Balaban J connectivity index is 1.32. The molecule has 0 atom stereocenters. The molecule has 0 aliphatic carbocycles. The minimum absolute atomic E-state index is 0.231. The van der Waals surface area contributed by atoms with Gasteiger partial charge in [-0.25, -0.2) is 9.97 Å². The summed E-state index contributed by atoms with van der Waals surface area (Å²) < 4.78 is 40.8. The maximum Gasteiger partial charge on any atom is 0.573 e. The third-order valence-corrected chi connectivity index (χ3v) is 5.91. The quantitative estimate of drug-likeness (QED) is 0.225. The molecule has 2 heterocycles. The highest BCUT2D eigenvalue weighted by Gasteiger charge is 2.30. The molecule has 166 valence electrons. The molecule has 0 radical (unpaired) electrons. The van der Waals surface area contributed by atoms with Crippen molar-refractivity contribution in [3.8, 4) is 16.9 Å². The Labute approximate surface area is 192 Å². The zero-order valence-corrected chi connectivity index (χ0v) is 18.6. The van der Waals surface area contributed by atoms with E-state index in [0.717, 1.165) is 51.4 Å². The van der Waals surface area contributed by atoms with Gasteiger partial charge < -0.3 is 10.1 Å². The fraction of sp³-hybridized carbons (Fsp3) is 0.217. The van der Waals surface area contributed by atoms with E-state index in [1.54, 1.807) is 23.5 Å². The summed E-state index contributed by atoms with van der Waals surface area (Å²) in [5.74, 6) is 0.517. The van der Waals surface area contributed by atoms with Gasteiger partial charge in [0.1, 0.15) is 16.4 Å². The zero-order chi connectivity index (χ0) is 22.7. The summed E-state index contributed by atoms with van der Waals surface area (Å²) in [7, 11) is 0. The van der Waals surface area contributed by atoms with E-state index in [9.17, 15) is 13.2 Å². The van der Waals surface area contributed by atoms with Crippen molar-refractivity contribution in [3.05, 3.63) is 70.3 Å². The average molecular weight is 478 g/mol. The summed E-state index contributed by atoms with van der Waals surface area (Å²) >= 11 is 7.62. The van der Waals surface area contributed by atoms with Crippen LogP contribution in [0.3, 0.4) is 0 Å². The van der Waals surface area contributed by atoms with Crippen LogP contribution in [-0.4, -0.2) is 22.9 Å². The Morgan fingerprint density at radius 1 is 1.00 bits per heavy atom. The summed E-state index contributed by atoms with van der Waals surface area (Å²) in [6, 6.07) is 15.9. The van der Waals surface area contributed by atoms with E-state index >= 15 is 0 Å². The lowest BCUT2D eigenvalue weighted by Crippen LogP contribution is -2.16. The number of hydrogen-bond acceptors (Lipinski definition) is 5. The molecule has 0 fully saturated rings. The predicted molar refractivity (Wildman–Crippen MR) is 123 cm³/mol. The van der Waals surface area contributed by atoms with Gasteiger partial charge in [0.05, 0.1) is 5.39 Å². The maximum atomic E-state index is 12.3. The fourth-order valence-corrected chi connectivity index (χ4v) is 4.46. The first-order valence-electron chi connectivity index (χ1n) is 9.89. The van der Waals surface area contributed by atoms with Crippen LogP contribution in [0.5, 0.6) is 5.75 Å². The summed E-state index contributed by atoms with van der Waals surface area (Å²) in [6.07, 6.45) is -2.92. The Morgan fingerprint density at radius 3 is 2.31 bits per heavy atom. The number of nitrogens with one attached hydrogen (secondary N) is 1. The number of nitrogens with zero attached hydrogens (tertiary/aromatic N) is 2. The predicted octanol–water partition coefficient (Wildman–Crippen LogP) is 7.26. The van der Waals surface area contributed by atoms with Crippen LogP contribution in [0.2, 0.25) is 5.28 Å². The molecule has 0 aliphatic heterocycles. The fourth-order valence-electron chi connectivity index (χ4n) is 3.36. The van der Waals surface area contributed by atoms with Gasteiger partial charge in [-0.1, -0.05) is 36.4 Å². The number of rotatable bonds is 7. The third-order valence-electron chi connectivity index (χ3n) is 4.80. The van der Waals surface area contributed by atoms with Gasteiger partial charge in [-0.15, -0.1) is 24.5 Å². The van der Waals surface area contributed by atoms with Crippen LogP contribution in [0.4, 0.5) is 19.0 Å². The van der Waals surface area contributed by atoms with Gasteiger partial charge in [0.2, 0.25) is 5.28 Å². The van der Waals surface area contributed by atoms with Gasteiger partial charge >= 0.3 is 6.36 Å². The molecule has 2 aromatic carbocycles. The lowest BCUT2D eigenvalue weighted by molar-refractivity contribution is -0.274. The first kappa shape index (κ1) is 22.4. The van der Waals surface area contributed by atoms with Crippen molar-refractivity contribution in [2.75, 3.05) is 11.9 Å². The molecule has 0 saturated heterocycles. The van der Waals surface area contributed by atoms with Crippen molar-refractivity contribution in [2.24, 2.45) is 0 Å². The van der Waals surface area contributed by atoms with Gasteiger partial charge in [0.25, 0.3) is 0 Å². The van der Waals surface area contributed by atoms with Crippen LogP contribution in [-0.2, 0) is 6.42 Å². The molecule has 0 bridgehead atoms. The van der Waals surface area contributed by atoms with Crippen molar-refractivity contribution < 1.29 is 17.9 Å². The van der Waals surface area contributed by atoms with Crippen molar-refractivity contribution >= 4 is 39.0 Å². The second kappa shape index (κ2) is 9.34. The van der Waals surface area contributed by atoms with Crippen LogP contribution in [0.25, 0.3) is 21.3 Å². The molecule has 0 spiro atoms. The van der Waals surface area contributed by atoms with E-state index < -0.39 is 6.36 Å². The molecule has 0 aliphatic rings. The molecule has 0 saturated carbocycles. The number of alkyl halides is 3. The first-order valence-corrected chi connectivity index (χ1v) is 11.1. The van der Waals surface area contributed by atoms with Gasteiger partial charge in [-0.3, -0.25) is 0 Å². The molecule has 9 heteroatoms. The van der Waals surface area contributed by atoms with Crippen LogP contribution < -0.4 is 10.1 Å². The molecule has 32 heavy (non-hydrogen) atoms. The van der Waals surface area contributed by atoms with Crippen LogP contribution in [0, 0.1) is 6.92 Å². The van der Waals surface area contributed by atoms with E-state index in [0.29, 0.717) is 0 Å². The smallest absolute Gasteiger partial charge is 0.406 e. The number of anilines is 1. The second-order valence-corrected chi connectivity index (χ2v) is 8.79. The van der Waals surface area contributed by atoms with E-state index in [-0.39, 0.29) is 11.0 Å². The highest BCUT2D eigenvalue weighted by Crippen LogP contribution is 2.30. The van der Waals surface area contributed by atoms with E-state index in [1.165, 1.54) is 17.7 Å². The standard InChI is InChI=1S/C23H19ClF3N3OS/c1-14-13-19-20(29-22(24)30-21(19)32-14)28-12-2-3-15-4-6-16(7-5-15)17-8-10-18(11-9-17)31-23(25,26)27/h4-11,13H,2-3,12H2,1H3,(H,28,29,30). The summed E-state index contributed by atoms with van der Waals surface area (Å²) in [5.41, 5.74) is 2.92. The SMILES string of the molecule is Cc1cc2c(NCCCc3ccc(-c4ccc(OC(F)(F)F)cc4)cc3)nc(Cl)nc2s1. The molecule has 0 amide bonds. The molecule has 4 nitrogen and oxygen atoms in total. The monoisotopic (exact) mass is 477 g/mol. The highest BCUT2D eigenvalue weighted by molar-refractivity contribution is 7.18. The Bertz CT molecular complexity index is 1210. The number of thiophene rings is 1. The molecule has 2 aromatic heterocycles. The van der Waals surface area contributed by atoms with Crippen LogP contribution >= 0.6 is 22.9 Å². The van der Waals surface area contributed by atoms with Crippen LogP contribution in [0.15, 0.2) is 54.6 Å². The van der Waals surface area contributed by atoms with E-state index in [2.05, 4.69) is 26.1 Å². The largest absolute Gasteiger partial charge is 0.573 e. The topological polar surface area (TPSA) is 47.0 Å². The number of halogens is 4. The highest BCUT2D eigenvalue weighted by atomic mass is 35.5. The number of hydrogen-bond donors (Lipinski definition) is 1. The maximum absolute atomic E-state index is 12.3. The summed E-state index contributed by atoms with van der Waals surface area (Å²) in [5, 5.41) is 4.56. The van der Waals surface area contributed by atoms with E-state index in [1.807, 2.05) is 31.2 Å². The van der Waals surface area contributed by atoms with Crippen molar-refractivity contribution in [2.45, 2.75) is 26.1 Å². The molecule has 0 unspecified atom stereocenters. The van der Waals surface area contributed by atoms with Gasteiger partial charge in [0.15, 0.2) is 0 Å². The Hall–Kier alpha value is -2.84. The minimum Gasteiger partial charge on any atom is -0.406 e. The van der Waals surface area contributed by atoms with Crippen molar-refractivity contribution in [1.29, 1.82) is 0 Å². The van der Waals surface area contributed by atoms with Gasteiger partial charge in [-0.2, -0.15) is 0 Å². The third kappa shape index (κ3) is 5.69. The number of ether oxygens (including phenoxy) is 1. The number of benzene rings is 2. The zero-order valence-electron chi connectivity index (χ0n) is 17.0. The minimum atomic E-state index is -4.69. The molecular weight excluding hydrogens is 459 g/mol. The first-order chi connectivity index (χ1) is 15.3. The average Bonchev–Trinajstić information content (AvgIpc) is 3.11. The number of aryl methyl sites for hydroxylation is 2. The molecule has 4 rings (SSSR count). The number of aromatic nitrogens is 2. The van der Waals surface area contributed by atoms with Gasteiger partial charge in [-0.05, 0) is 66.3 Å².